The van der Waals surface area contributed by atoms with Crippen molar-refractivity contribution in [2.75, 3.05) is 23.9 Å². The molecule has 0 saturated heterocycles. The van der Waals surface area contributed by atoms with Crippen LogP contribution in [0.15, 0.2) is 24.3 Å². The summed E-state index contributed by atoms with van der Waals surface area (Å²) in [6.07, 6.45) is 0. The lowest BCUT2D eigenvalue weighted by Gasteiger charge is -2.07. The number of carboxylic acids is 1. The van der Waals surface area contributed by atoms with Gasteiger partial charge in [-0.25, -0.2) is 0 Å². The Bertz CT molecular complexity index is 436. The van der Waals surface area contributed by atoms with Crippen LogP contribution < -0.4 is 15.8 Å². The molecule has 0 bridgehead atoms. The second-order valence-electron chi connectivity index (χ2n) is 3.74. The molecule has 1 rings (SSSR count). The average Bonchev–Trinajstić information content (AvgIpc) is 2.39. The van der Waals surface area contributed by atoms with Crippen molar-refractivity contribution >= 4 is 29.3 Å². The van der Waals surface area contributed by atoms with Crippen LogP contribution in [0, 0.1) is 0 Å². The average molecular weight is 284 g/mol. The number of aliphatic carboxylic acids is 1. The van der Waals surface area contributed by atoms with E-state index in [1.54, 1.807) is 31.4 Å². The molecular weight excluding hydrogens is 268 g/mol. The Morgan fingerprint density at radius 1 is 1.42 bits per heavy atom. The van der Waals surface area contributed by atoms with Crippen LogP contribution in [0.1, 0.15) is 0 Å². The minimum Gasteiger partial charge on any atom is -0.497 e. The lowest BCUT2D eigenvalue weighted by Crippen LogP contribution is -2.33. The highest BCUT2D eigenvalue weighted by Crippen LogP contribution is 2.15. The van der Waals surface area contributed by atoms with Crippen LogP contribution in [-0.2, 0) is 9.59 Å². The van der Waals surface area contributed by atoms with Crippen LogP contribution in [0.2, 0.25) is 0 Å². The number of carbonyl (C=O) groups is 2. The third-order valence-corrected chi connectivity index (χ3v) is 3.28. The van der Waals surface area contributed by atoms with E-state index in [4.69, 9.17) is 15.6 Å². The van der Waals surface area contributed by atoms with Crippen LogP contribution in [0.4, 0.5) is 5.69 Å². The summed E-state index contributed by atoms with van der Waals surface area (Å²) in [5.74, 6) is -0.200. The summed E-state index contributed by atoms with van der Waals surface area (Å²) in [6, 6.07) is 5.99. The van der Waals surface area contributed by atoms with Crippen molar-refractivity contribution in [1.82, 2.24) is 0 Å². The molecule has 19 heavy (non-hydrogen) atoms. The number of thioether (sulfide) groups is 1. The van der Waals surface area contributed by atoms with Gasteiger partial charge in [-0.15, -0.1) is 11.8 Å². The van der Waals surface area contributed by atoms with E-state index >= 15 is 0 Å². The van der Waals surface area contributed by atoms with Crippen LogP contribution in [0.25, 0.3) is 0 Å². The molecule has 7 heteroatoms. The number of benzene rings is 1. The lowest BCUT2D eigenvalue weighted by atomic mass is 10.3. The van der Waals surface area contributed by atoms with Crippen LogP contribution in [0.5, 0.6) is 5.75 Å². The molecular formula is C12H16N2O4S. The molecule has 1 unspecified atom stereocenters. The maximum absolute atomic E-state index is 11.6. The monoisotopic (exact) mass is 284 g/mol. The second kappa shape index (κ2) is 7.65. The minimum absolute atomic E-state index is 0.160. The summed E-state index contributed by atoms with van der Waals surface area (Å²) in [5, 5.41) is 11.3. The highest BCUT2D eigenvalue weighted by molar-refractivity contribution is 8.00. The van der Waals surface area contributed by atoms with Crippen molar-refractivity contribution in [3.63, 3.8) is 0 Å². The molecule has 1 atom stereocenters. The van der Waals surface area contributed by atoms with E-state index in [1.807, 2.05) is 0 Å². The van der Waals surface area contributed by atoms with Gasteiger partial charge in [-0.1, -0.05) is 0 Å². The fraction of sp³-hybridized carbons (Fsp3) is 0.333. The van der Waals surface area contributed by atoms with Gasteiger partial charge in [0.05, 0.1) is 12.9 Å². The summed E-state index contributed by atoms with van der Waals surface area (Å²) < 4.78 is 5.00. The third kappa shape index (κ3) is 5.62. The molecule has 4 N–H and O–H groups in total. The standard InChI is InChI=1S/C12H16N2O4S/c1-18-9-4-2-8(3-5-9)14-11(15)7-19-6-10(13)12(16)17/h2-5,10H,6-7,13H2,1H3,(H,14,15)(H,16,17). The molecule has 0 aliphatic carbocycles. The van der Waals surface area contributed by atoms with Gasteiger partial charge < -0.3 is 20.9 Å². The fourth-order valence-electron chi connectivity index (χ4n) is 1.22. The molecule has 6 nitrogen and oxygen atoms in total. The zero-order valence-electron chi connectivity index (χ0n) is 10.5. The van der Waals surface area contributed by atoms with E-state index in [0.29, 0.717) is 11.4 Å². The number of carboxylic acid groups (broad SMARTS) is 1. The Balaban J connectivity index is 2.32. The van der Waals surface area contributed by atoms with Gasteiger partial charge >= 0.3 is 5.97 Å². The number of rotatable bonds is 7. The van der Waals surface area contributed by atoms with Gasteiger partial charge in [-0.2, -0.15) is 0 Å². The van der Waals surface area contributed by atoms with Gasteiger partial charge in [-0.3, -0.25) is 9.59 Å². The van der Waals surface area contributed by atoms with Gasteiger partial charge in [0.25, 0.3) is 0 Å². The first kappa shape index (κ1) is 15.3. The highest BCUT2D eigenvalue weighted by Gasteiger charge is 2.12. The van der Waals surface area contributed by atoms with E-state index < -0.39 is 12.0 Å². The van der Waals surface area contributed by atoms with Gasteiger partial charge in [0, 0.05) is 11.4 Å². The van der Waals surface area contributed by atoms with Crippen molar-refractivity contribution < 1.29 is 19.4 Å². The maximum atomic E-state index is 11.6. The zero-order valence-corrected chi connectivity index (χ0v) is 11.3. The van der Waals surface area contributed by atoms with Gasteiger partial charge in [0.2, 0.25) is 5.91 Å². The minimum atomic E-state index is -1.07. The number of nitrogens with two attached hydrogens (primary N) is 1. The van der Waals surface area contributed by atoms with E-state index in [-0.39, 0.29) is 17.4 Å². The summed E-state index contributed by atoms with van der Waals surface area (Å²) in [7, 11) is 1.57. The smallest absolute Gasteiger partial charge is 0.321 e. The predicted molar refractivity (Wildman–Crippen MR) is 74.6 cm³/mol. The number of hydrogen-bond acceptors (Lipinski definition) is 5. The molecule has 0 saturated carbocycles. The number of methoxy groups -OCH3 is 1. The largest absolute Gasteiger partial charge is 0.497 e. The van der Waals surface area contributed by atoms with E-state index in [0.717, 1.165) is 0 Å². The Kier molecular flexibility index (Phi) is 6.17. The Morgan fingerprint density at radius 2 is 2.05 bits per heavy atom. The summed E-state index contributed by atoms with van der Waals surface area (Å²) in [4.78, 5) is 22.0. The van der Waals surface area contributed by atoms with Crippen molar-refractivity contribution in [2.24, 2.45) is 5.73 Å². The Labute approximate surface area is 115 Å². The highest BCUT2D eigenvalue weighted by atomic mass is 32.2. The molecule has 1 aromatic carbocycles. The molecule has 1 amide bonds. The normalized spacial score (nSPS) is 11.7. The lowest BCUT2D eigenvalue weighted by molar-refractivity contribution is -0.137. The number of anilines is 1. The van der Waals surface area contributed by atoms with Crippen molar-refractivity contribution in [2.45, 2.75) is 6.04 Å². The topological polar surface area (TPSA) is 102 Å². The second-order valence-corrected chi connectivity index (χ2v) is 4.77. The Morgan fingerprint density at radius 3 is 2.58 bits per heavy atom. The summed E-state index contributed by atoms with van der Waals surface area (Å²) in [6.45, 7) is 0. The van der Waals surface area contributed by atoms with Gasteiger partial charge in [-0.05, 0) is 24.3 Å². The molecule has 0 heterocycles. The van der Waals surface area contributed by atoms with Crippen LogP contribution in [0.3, 0.4) is 0 Å². The molecule has 104 valence electrons. The molecule has 0 radical (unpaired) electrons. The van der Waals surface area contributed by atoms with Crippen molar-refractivity contribution in [3.8, 4) is 5.75 Å². The van der Waals surface area contributed by atoms with Crippen molar-refractivity contribution in [3.05, 3.63) is 24.3 Å². The third-order valence-electron chi connectivity index (χ3n) is 2.22. The number of amides is 1. The van der Waals surface area contributed by atoms with Crippen LogP contribution >= 0.6 is 11.8 Å². The molecule has 0 aliphatic heterocycles. The molecule has 1 aromatic rings. The predicted octanol–water partition coefficient (Wildman–Crippen LogP) is 0.779. The number of hydrogen-bond donors (Lipinski definition) is 3. The van der Waals surface area contributed by atoms with Crippen molar-refractivity contribution in [1.29, 1.82) is 0 Å². The van der Waals surface area contributed by atoms with Crippen LogP contribution in [-0.4, -0.2) is 41.6 Å². The fourth-order valence-corrected chi connectivity index (χ4v) is 1.99. The first-order chi connectivity index (χ1) is 9.02. The molecule has 0 aromatic heterocycles. The SMILES string of the molecule is COc1ccc(NC(=O)CSCC(N)C(=O)O)cc1. The number of carbonyl (C=O) groups excluding carboxylic acids is 1. The number of ether oxygens (including phenoxy) is 1. The maximum Gasteiger partial charge on any atom is 0.321 e. The summed E-state index contributed by atoms with van der Waals surface area (Å²) >= 11 is 1.18. The summed E-state index contributed by atoms with van der Waals surface area (Å²) in [5.41, 5.74) is 5.98. The molecule has 0 aliphatic rings. The van der Waals surface area contributed by atoms with E-state index in [1.165, 1.54) is 11.8 Å². The van der Waals surface area contributed by atoms with E-state index in [2.05, 4.69) is 5.32 Å². The molecule has 0 spiro atoms. The first-order valence-corrected chi connectivity index (χ1v) is 6.68. The molecule has 0 fully saturated rings. The quantitative estimate of drug-likeness (QED) is 0.684. The Hall–Kier alpha value is -1.73. The van der Waals surface area contributed by atoms with E-state index in [9.17, 15) is 9.59 Å². The first-order valence-electron chi connectivity index (χ1n) is 5.53. The number of nitrogens with one attached hydrogen (secondary N) is 1. The zero-order chi connectivity index (χ0) is 14.3. The van der Waals surface area contributed by atoms with Gasteiger partial charge in [0.1, 0.15) is 11.8 Å². The van der Waals surface area contributed by atoms with Gasteiger partial charge in [0.15, 0.2) is 0 Å².